The van der Waals surface area contributed by atoms with Gasteiger partial charge in [0.2, 0.25) is 11.7 Å². The summed E-state index contributed by atoms with van der Waals surface area (Å²) in [4.78, 5) is 40.1. The number of carboxylic acid groups (broad SMARTS) is 1. The van der Waals surface area contributed by atoms with Gasteiger partial charge in [0.15, 0.2) is 0 Å². The van der Waals surface area contributed by atoms with Gasteiger partial charge in [-0.2, -0.15) is 0 Å². The molecule has 4 atom stereocenters. The largest absolute Gasteiger partial charge is 0.481 e. The molecule has 0 bridgehead atoms. The molecule has 9 nitrogen and oxygen atoms in total. The first-order valence-corrected chi connectivity index (χ1v) is 12.1. The van der Waals surface area contributed by atoms with Crippen LogP contribution in [0.5, 0.6) is 0 Å². The molecule has 2 heterocycles. The van der Waals surface area contributed by atoms with Crippen molar-refractivity contribution in [1.29, 1.82) is 0 Å². The molecule has 1 aromatic carbocycles. The van der Waals surface area contributed by atoms with Gasteiger partial charge < -0.3 is 25.2 Å². The maximum absolute atomic E-state index is 13.3. The number of nitrogens with one attached hydrogen (secondary N) is 2. The van der Waals surface area contributed by atoms with Crippen molar-refractivity contribution in [3.05, 3.63) is 42.2 Å². The number of carbonyl (C=O) groups is 3. The second-order valence-electron chi connectivity index (χ2n) is 10.9. The predicted octanol–water partition coefficient (Wildman–Crippen LogP) is 3.07. The molecule has 2 aliphatic rings. The van der Waals surface area contributed by atoms with E-state index in [0.717, 1.165) is 12.0 Å². The molecule has 1 saturated heterocycles. The van der Waals surface area contributed by atoms with Crippen molar-refractivity contribution in [2.24, 2.45) is 5.41 Å². The van der Waals surface area contributed by atoms with Crippen LogP contribution < -0.4 is 10.6 Å². The highest BCUT2D eigenvalue weighted by Crippen LogP contribution is 2.41. The Morgan fingerprint density at radius 3 is 2.54 bits per heavy atom. The molecule has 4 rings (SSSR count). The number of hydrogen-bond donors (Lipinski definition) is 3. The van der Waals surface area contributed by atoms with Crippen molar-refractivity contribution in [2.45, 2.75) is 77.0 Å². The summed E-state index contributed by atoms with van der Waals surface area (Å²) in [5.41, 5.74) is 0.151. The summed E-state index contributed by atoms with van der Waals surface area (Å²) in [5, 5.41) is 20.4. The fourth-order valence-corrected chi connectivity index (χ4v) is 5.39. The van der Waals surface area contributed by atoms with Gasteiger partial charge in [0.25, 0.3) is 5.91 Å². The Hall–Kier alpha value is -3.20. The van der Waals surface area contributed by atoms with Crippen LogP contribution in [0, 0.1) is 5.41 Å². The van der Waals surface area contributed by atoms with Crippen LogP contribution in [0.4, 0.5) is 0 Å². The molecule has 3 N–H and O–H groups in total. The third-order valence-corrected chi connectivity index (χ3v) is 7.05. The molecule has 0 spiro atoms. The molecule has 35 heavy (non-hydrogen) atoms. The number of aliphatic carboxylic acids is 1. The average Bonchev–Trinajstić information content (AvgIpc) is 3.41. The quantitative estimate of drug-likeness (QED) is 0.578. The molecule has 9 heteroatoms. The summed E-state index contributed by atoms with van der Waals surface area (Å²) in [6, 6.07) is 9.81. The summed E-state index contributed by atoms with van der Waals surface area (Å²) in [6.45, 7) is 8.32. The summed E-state index contributed by atoms with van der Waals surface area (Å²) in [5.74, 6) is -1.64. The van der Waals surface area contributed by atoms with E-state index in [9.17, 15) is 19.5 Å². The van der Waals surface area contributed by atoms with Crippen LogP contribution >= 0.6 is 0 Å². The van der Waals surface area contributed by atoms with Gasteiger partial charge in [-0.1, -0.05) is 35.5 Å². The summed E-state index contributed by atoms with van der Waals surface area (Å²) in [7, 11) is 0. The number of nitrogens with zero attached hydrogens (tertiary/aromatic N) is 2. The smallest absolute Gasteiger partial charge is 0.311 e. The zero-order valence-electron chi connectivity index (χ0n) is 20.7. The van der Waals surface area contributed by atoms with Crippen LogP contribution in [0.1, 0.15) is 63.9 Å². The minimum Gasteiger partial charge on any atom is -0.481 e. The van der Waals surface area contributed by atoms with E-state index in [0.29, 0.717) is 31.5 Å². The molecule has 1 aromatic heterocycles. The Morgan fingerprint density at radius 2 is 1.89 bits per heavy atom. The van der Waals surface area contributed by atoms with Crippen LogP contribution in [-0.2, 0) is 9.59 Å². The molecule has 2 amide bonds. The lowest BCUT2D eigenvalue weighted by Gasteiger charge is -2.47. The fraction of sp³-hybridized carbons (Fsp3) is 0.538. The number of rotatable bonds is 6. The molecular formula is C26H34N4O5. The maximum Gasteiger partial charge on any atom is 0.311 e. The zero-order chi connectivity index (χ0) is 25.4. The molecule has 2 aromatic rings. The first kappa shape index (κ1) is 24.9. The third kappa shape index (κ3) is 5.24. The molecule has 1 aliphatic heterocycles. The van der Waals surface area contributed by atoms with Crippen LogP contribution in [0.15, 0.2) is 40.9 Å². The number of hydrogen-bond acceptors (Lipinski definition) is 6. The standard InChI is InChI=1S/C26H34N4O5/c1-25(2,3)28-17-10-11-21(26(4,15-17)24(33)34)30-13-12-18(23(30)32)27-22(31)20-14-19(29-35-20)16-8-6-5-7-9-16/h5-9,14,17-18,21,28H,10-13,15H2,1-4H3,(H,27,31)(H,33,34)/t17?,18-,21?,26?/m0/s1. The molecule has 1 saturated carbocycles. The first-order chi connectivity index (χ1) is 16.5. The number of carbonyl (C=O) groups excluding carboxylic acids is 2. The lowest BCUT2D eigenvalue weighted by molar-refractivity contribution is -0.158. The van der Waals surface area contributed by atoms with Crippen LogP contribution in [0.2, 0.25) is 0 Å². The van der Waals surface area contributed by atoms with Gasteiger partial charge in [0.05, 0.1) is 5.41 Å². The van der Waals surface area contributed by atoms with Crippen molar-refractivity contribution < 1.29 is 24.0 Å². The van der Waals surface area contributed by atoms with Crippen molar-refractivity contribution in [3.8, 4) is 11.3 Å². The van der Waals surface area contributed by atoms with E-state index in [4.69, 9.17) is 4.52 Å². The van der Waals surface area contributed by atoms with E-state index in [1.165, 1.54) is 0 Å². The van der Waals surface area contributed by atoms with E-state index < -0.39 is 29.4 Å². The Balaban J connectivity index is 1.43. The van der Waals surface area contributed by atoms with Crippen LogP contribution in [-0.4, -0.2) is 63.2 Å². The van der Waals surface area contributed by atoms with Gasteiger partial charge >= 0.3 is 5.97 Å². The predicted molar refractivity (Wildman–Crippen MR) is 130 cm³/mol. The minimum atomic E-state index is -1.08. The van der Waals surface area contributed by atoms with Crippen LogP contribution in [0.25, 0.3) is 11.3 Å². The van der Waals surface area contributed by atoms with Crippen molar-refractivity contribution >= 4 is 17.8 Å². The van der Waals surface area contributed by atoms with Gasteiger partial charge in [-0.25, -0.2) is 0 Å². The maximum atomic E-state index is 13.3. The van der Waals surface area contributed by atoms with Crippen molar-refractivity contribution in [1.82, 2.24) is 20.7 Å². The topological polar surface area (TPSA) is 125 Å². The zero-order valence-corrected chi connectivity index (χ0v) is 20.7. The number of benzene rings is 1. The Bertz CT molecular complexity index is 1090. The normalized spacial score (nSPS) is 27.1. The fourth-order valence-electron chi connectivity index (χ4n) is 5.39. The molecule has 1 aliphatic carbocycles. The van der Waals surface area contributed by atoms with E-state index in [1.807, 2.05) is 30.3 Å². The molecular weight excluding hydrogens is 448 g/mol. The van der Waals surface area contributed by atoms with Crippen molar-refractivity contribution in [3.63, 3.8) is 0 Å². The number of aromatic nitrogens is 1. The monoisotopic (exact) mass is 482 g/mol. The second-order valence-corrected chi connectivity index (χ2v) is 10.9. The van der Waals surface area contributed by atoms with E-state index in [1.54, 1.807) is 17.9 Å². The second kappa shape index (κ2) is 9.45. The number of likely N-dealkylation sites (tertiary alicyclic amines) is 1. The molecule has 0 radical (unpaired) electrons. The Kier molecular flexibility index (Phi) is 6.73. The minimum absolute atomic E-state index is 0.0271. The molecule has 3 unspecified atom stereocenters. The van der Waals surface area contributed by atoms with E-state index in [-0.39, 0.29) is 23.2 Å². The highest BCUT2D eigenvalue weighted by molar-refractivity contribution is 5.97. The van der Waals surface area contributed by atoms with E-state index in [2.05, 4.69) is 36.6 Å². The first-order valence-electron chi connectivity index (χ1n) is 12.1. The average molecular weight is 483 g/mol. The molecule has 2 fully saturated rings. The summed E-state index contributed by atoms with van der Waals surface area (Å²) >= 11 is 0. The van der Waals surface area contributed by atoms with Gasteiger partial charge in [-0.05, 0) is 53.4 Å². The van der Waals surface area contributed by atoms with Gasteiger partial charge in [-0.3, -0.25) is 14.4 Å². The van der Waals surface area contributed by atoms with Gasteiger partial charge in [0.1, 0.15) is 11.7 Å². The summed E-state index contributed by atoms with van der Waals surface area (Å²) in [6.07, 6.45) is 2.23. The lowest BCUT2D eigenvalue weighted by atomic mass is 9.68. The lowest BCUT2D eigenvalue weighted by Crippen LogP contribution is -2.59. The van der Waals surface area contributed by atoms with Crippen LogP contribution in [0.3, 0.4) is 0 Å². The number of amides is 2. The Labute approximate surface area is 205 Å². The SMILES string of the molecule is CC(C)(C)NC1CCC(N2CC[C@H](NC(=O)c3cc(-c4ccccc4)no3)C2=O)C(C)(C(=O)O)C1. The number of carboxylic acids is 1. The third-order valence-electron chi connectivity index (χ3n) is 7.05. The molecule has 188 valence electrons. The highest BCUT2D eigenvalue weighted by atomic mass is 16.5. The highest BCUT2D eigenvalue weighted by Gasteiger charge is 2.52. The van der Waals surface area contributed by atoms with E-state index >= 15 is 0 Å². The Morgan fingerprint density at radius 1 is 1.17 bits per heavy atom. The summed E-state index contributed by atoms with van der Waals surface area (Å²) < 4.78 is 5.21. The van der Waals surface area contributed by atoms with Crippen molar-refractivity contribution in [2.75, 3.05) is 6.54 Å². The van der Waals surface area contributed by atoms with Gasteiger partial charge in [0, 0.05) is 35.8 Å². The van der Waals surface area contributed by atoms with Gasteiger partial charge in [-0.15, -0.1) is 0 Å².